The van der Waals surface area contributed by atoms with Crippen LogP contribution in [-0.2, 0) is 4.74 Å². The van der Waals surface area contributed by atoms with Crippen LogP contribution in [0, 0.1) is 6.92 Å². The minimum Gasteiger partial charge on any atom is -0.487 e. The van der Waals surface area contributed by atoms with Crippen LogP contribution in [0.5, 0.6) is 5.75 Å². The third-order valence-electron chi connectivity index (χ3n) is 4.85. The zero-order valence-electron chi connectivity index (χ0n) is 16.1. The van der Waals surface area contributed by atoms with Crippen molar-refractivity contribution in [2.45, 2.75) is 45.5 Å². The van der Waals surface area contributed by atoms with E-state index < -0.39 is 0 Å². The number of benzene rings is 1. The summed E-state index contributed by atoms with van der Waals surface area (Å²) in [7, 11) is 0. The molecular formula is C20H31N3O3. The number of aryl methyl sites for hydroxylation is 1. The Hall–Kier alpha value is -1.79. The van der Waals surface area contributed by atoms with Gasteiger partial charge in [-0.2, -0.15) is 0 Å². The Morgan fingerprint density at radius 2 is 1.96 bits per heavy atom. The summed E-state index contributed by atoms with van der Waals surface area (Å²) in [6.45, 7) is 11.2. The summed E-state index contributed by atoms with van der Waals surface area (Å²) in [5, 5.41) is 3.01. The molecule has 0 radical (unpaired) electrons. The van der Waals surface area contributed by atoms with Crippen LogP contribution in [-0.4, -0.2) is 73.4 Å². The van der Waals surface area contributed by atoms with Crippen molar-refractivity contribution in [3.8, 4) is 5.75 Å². The number of carbonyl (C=O) groups is 1. The van der Waals surface area contributed by atoms with E-state index in [0.717, 1.165) is 31.8 Å². The van der Waals surface area contributed by atoms with Gasteiger partial charge in [0.25, 0.3) is 0 Å². The maximum Gasteiger partial charge on any atom is 0.317 e. The predicted octanol–water partition coefficient (Wildman–Crippen LogP) is 2.27. The second-order valence-electron chi connectivity index (χ2n) is 7.56. The number of nitrogens with zero attached hydrogens (tertiary/aromatic N) is 2. The molecule has 1 N–H and O–H groups in total. The maximum absolute atomic E-state index is 12.2. The highest BCUT2D eigenvalue weighted by molar-refractivity contribution is 5.75. The number of hydrogen-bond acceptors (Lipinski definition) is 4. The highest BCUT2D eigenvalue weighted by Crippen LogP contribution is 2.19. The summed E-state index contributed by atoms with van der Waals surface area (Å²) < 4.78 is 11.6. The van der Waals surface area contributed by atoms with E-state index in [-0.39, 0.29) is 12.1 Å². The van der Waals surface area contributed by atoms with Crippen LogP contribution in [0.15, 0.2) is 24.3 Å². The van der Waals surface area contributed by atoms with E-state index in [1.54, 1.807) is 4.90 Å². The number of nitrogens with one attached hydrogen (secondary N) is 1. The Kier molecular flexibility index (Phi) is 6.38. The smallest absolute Gasteiger partial charge is 0.317 e. The zero-order chi connectivity index (χ0) is 18.5. The lowest BCUT2D eigenvalue weighted by molar-refractivity contribution is -0.0680. The fourth-order valence-corrected chi connectivity index (χ4v) is 3.64. The molecule has 0 spiro atoms. The first-order valence-electron chi connectivity index (χ1n) is 9.63. The lowest BCUT2D eigenvalue weighted by atomic mass is 10.1. The van der Waals surface area contributed by atoms with Gasteiger partial charge in [-0.15, -0.1) is 0 Å². The van der Waals surface area contributed by atoms with Gasteiger partial charge in [0.2, 0.25) is 0 Å². The summed E-state index contributed by atoms with van der Waals surface area (Å²) in [6, 6.07) is 8.03. The van der Waals surface area contributed by atoms with Gasteiger partial charge in [-0.1, -0.05) is 12.1 Å². The van der Waals surface area contributed by atoms with Gasteiger partial charge < -0.3 is 19.7 Å². The molecule has 1 aromatic carbocycles. The average Bonchev–Trinajstić information content (AvgIpc) is 2.53. The van der Waals surface area contributed by atoms with Gasteiger partial charge in [-0.3, -0.25) is 4.90 Å². The van der Waals surface area contributed by atoms with E-state index in [4.69, 9.17) is 9.47 Å². The number of likely N-dealkylation sites (tertiary alicyclic amines) is 1. The van der Waals surface area contributed by atoms with Crippen molar-refractivity contribution in [2.24, 2.45) is 0 Å². The highest BCUT2D eigenvalue weighted by Gasteiger charge is 2.32. The monoisotopic (exact) mass is 361 g/mol. The lowest BCUT2D eigenvalue weighted by Gasteiger charge is -2.39. The van der Waals surface area contributed by atoms with Gasteiger partial charge in [-0.25, -0.2) is 4.79 Å². The number of urea groups is 1. The molecule has 6 nitrogen and oxygen atoms in total. The molecule has 2 atom stereocenters. The molecule has 0 aromatic heterocycles. The molecule has 26 heavy (non-hydrogen) atoms. The first-order chi connectivity index (χ1) is 12.5. The van der Waals surface area contributed by atoms with Gasteiger partial charge in [0.1, 0.15) is 11.9 Å². The standard InChI is InChI=1S/C20H31N3O3/c1-15-6-4-7-18(10-15)26-19-13-23(14-19)20(24)21-8-5-9-22-11-16(2)25-17(3)12-22/h4,6-7,10,16-17,19H,5,8-9,11-14H2,1-3H3,(H,21,24)/t16-,17+. The second-order valence-corrected chi connectivity index (χ2v) is 7.56. The van der Waals surface area contributed by atoms with E-state index in [9.17, 15) is 4.79 Å². The van der Waals surface area contributed by atoms with E-state index >= 15 is 0 Å². The Labute approximate surface area is 156 Å². The third-order valence-corrected chi connectivity index (χ3v) is 4.85. The van der Waals surface area contributed by atoms with Crippen molar-refractivity contribution < 1.29 is 14.3 Å². The predicted molar refractivity (Wildman–Crippen MR) is 102 cm³/mol. The number of ether oxygens (including phenoxy) is 2. The molecule has 2 fully saturated rings. The number of carbonyl (C=O) groups excluding carboxylic acids is 1. The lowest BCUT2D eigenvalue weighted by Crippen LogP contribution is -2.59. The maximum atomic E-state index is 12.2. The van der Waals surface area contributed by atoms with E-state index in [0.29, 0.717) is 31.8 Å². The minimum atomic E-state index is 0.0119. The first kappa shape index (κ1) is 19.0. The van der Waals surface area contributed by atoms with Crippen molar-refractivity contribution in [3.63, 3.8) is 0 Å². The topological polar surface area (TPSA) is 54.0 Å². The molecule has 2 aliphatic rings. The third kappa shape index (κ3) is 5.35. The van der Waals surface area contributed by atoms with E-state index in [2.05, 4.69) is 24.1 Å². The summed E-state index contributed by atoms with van der Waals surface area (Å²) in [5.41, 5.74) is 1.18. The van der Waals surface area contributed by atoms with Crippen LogP contribution in [0.4, 0.5) is 4.79 Å². The molecule has 0 unspecified atom stereocenters. The van der Waals surface area contributed by atoms with E-state index in [1.807, 2.05) is 31.2 Å². The SMILES string of the molecule is Cc1cccc(OC2CN(C(=O)NCCCN3C[C@@H](C)O[C@@H](C)C3)C2)c1. The Bertz CT molecular complexity index is 594. The number of amides is 2. The van der Waals surface area contributed by atoms with Crippen LogP contribution in [0.25, 0.3) is 0 Å². The molecule has 2 heterocycles. The van der Waals surface area contributed by atoms with Crippen LogP contribution in [0.1, 0.15) is 25.8 Å². The first-order valence-corrected chi connectivity index (χ1v) is 9.63. The number of rotatable bonds is 6. The molecule has 1 aromatic rings. The Balaban J connectivity index is 1.28. The van der Waals surface area contributed by atoms with Crippen molar-refractivity contribution in [1.82, 2.24) is 15.1 Å². The summed E-state index contributed by atoms with van der Waals surface area (Å²) in [4.78, 5) is 16.4. The quantitative estimate of drug-likeness (QED) is 0.790. The molecule has 0 aliphatic carbocycles. The molecule has 3 rings (SSSR count). The van der Waals surface area contributed by atoms with Crippen molar-refractivity contribution >= 4 is 6.03 Å². The average molecular weight is 361 g/mol. The Morgan fingerprint density at radius 3 is 2.65 bits per heavy atom. The van der Waals surface area contributed by atoms with Crippen molar-refractivity contribution in [2.75, 3.05) is 39.3 Å². The van der Waals surface area contributed by atoms with Gasteiger partial charge in [0.05, 0.1) is 25.3 Å². The second kappa shape index (κ2) is 8.73. The summed E-state index contributed by atoms with van der Waals surface area (Å²) >= 11 is 0. The number of morpholine rings is 1. The molecule has 0 bridgehead atoms. The molecule has 0 saturated carbocycles. The van der Waals surface area contributed by atoms with Crippen LogP contribution >= 0.6 is 0 Å². The van der Waals surface area contributed by atoms with E-state index in [1.165, 1.54) is 5.56 Å². The van der Waals surface area contributed by atoms with Gasteiger partial charge >= 0.3 is 6.03 Å². The normalized spacial score (nSPS) is 24.2. The molecule has 2 saturated heterocycles. The largest absolute Gasteiger partial charge is 0.487 e. The zero-order valence-corrected chi connectivity index (χ0v) is 16.1. The summed E-state index contributed by atoms with van der Waals surface area (Å²) in [6.07, 6.45) is 1.64. The van der Waals surface area contributed by atoms with Gasteiger partial charge in [0.15, 0.2) is 0 Å². The fourth-order valence-electron chi connectivity index (χ4n) is 3.64. The van der Waals surface area contributed by atoms with Crippen molar-refractivity contribution in [3.05, 3.63) is 29.8 Å². The van der Waals surface area contributed by atoms with Crippen LogP contribution < -0.4 is 10.1 Å². The molecular weight excluding hydrogens is 330 g/mol. The highest BCUT2D eigenvalue weighted by atomic mass is 16.5. The van der Waals surface area contributed by atoms with Crippen LogP contribution in [0.2, 0.25) is 0 Å². The van der Waals surface area contributed by atoms with Gasteiger partial charge in [-0.05, 0) is 44.9 Å². The molecule has 144 valence electrons. The molecule has 2 amide bonds. The van der Waals surface area contributed by atoms with Gasteiger partial charge in [0, 0.05) is 26.2 Å². The fraction of sp³-hybridized carbons (Fsp3) is 0.650. The molecule has 2 aliphatic heterocycles. The Morgan fingerprint density at radius 1 is 1.23 bits per heavy atom. The van der Waals surface area contributed by atoms with Crippen LogP contribution in [0.3, 0.4) is 0 Å². The number of hydrogen-bond donors (Lipinski definition) is 1. The molecule has 6 heteroatoms. The summed E-state index contributed by atoms with van der Waals surface area (Å²) in [5.74, 6) is 0.879. The van der Waals surface area contributed by atoms with Crippen molar-refractivity contribution in [1.29, 1.82) is 0 Å². The minimum absolute atomic E-state index is 0.0119.